The van der Waals surface area contributed by atoms with Crippen LogP contribution in [0.2, 0.25) is 0 Å². The van der Waals surface area contributed by atoms with Crippen LogP contribution in [0.5, 0.6) is 0 Å². The number of benzene rings is 6. The van der Waals surface area contributed by atoms with Gasteiger partial charge in [0, 0.05) is 38.5 Å². The SMILES string of the molecule is [C-]#[N+]c1ccc(C#N)cc1-c1c2c(cc3c4ccccc4n(-c4ccccc4)c13)c1ccccc1n2-c1ccccc1. The largest absolute Gasteiger partial charge is 0.309 e. The van der Waals surface area contributed by atoms with Crippen LogP contribution in [0.15, 0.2) is 133 Å². The predicted octanol–water partition coefficient (Wildman–Crippen LogP) is 9.97. The first-order chi connectivity index (χ1) is 20.8. The lowest BCUT2D eigenvalue weighted by Crippen LogP contribution is -1.99. The number of nitriles is 1. The normalized spacial score (nSPS) is 11.3. The summed E-state index contributed by atoms with van der Waals surface area (Å²) < 4.78 is 4.61. The van der Waals surface area contributed by atoms with Gasteiger partial charge >= 0.3 is 0 Å². The van der Waals surface area contributed by atoms with Gasteiger partial charge in [0.1, 0.15) is 0 Å². The van der Waals surface area contributed by atoms with Gasteiger partial charge in [-0.15, -0.1) is 0 Å². The maximum atomic E-state index is 9.96. The van der Waals surface area contributed by atoms with E-state index in [1.165, 1.54) is 0 Å². The Morgan fingerprint density at radius 3 is 1.55 bits per heavy atom. The molecule has 0 atom stereocenters. The molecule has 194 valence electrons. The third-order valence-electron chi connectivity index (χ3n) is 8.13. The van der Waals surface area contributed by atoms with E-state index in [9.17, 15) is 5.26 Å². The van der Waals surface area contributed by atoms with Gasteiger partial charge in [0.2, 0.25) is 0 Å². The summed E-state index contributed by atoms with van der Waals surface area (Å²) in [4.78, 5) is 3.97. The number of rotatable bonds is 3. The van der Waals surface area contributed by atoms with Gasteiger partial charge in [0.15, 0.2) is 5.69 Å². The van der Waals surface area contributed by atoms with Gasteiger partial charge in [-0.05, 0) is 54.1 Å². The van der Waals surface area contributed by atoms with Gasteiger partial charge in [-0.25, -0.2) is 4.85 Å². The van der Waals surface area contributed by atoms with Crippen LogP contribution in [-0.4, -0.2) is 9.13 Å². The fraction of sp³-hybridized carbons (Fsp3) is 0. The Morgan fingerprint density at radius 1 is 0.548 bits per heavy atom. The Bertz CT molecular complexity index is 2280. The highest BCUT2D eigenvalue weighted by Gasteiger charge is 2.25. The standard InChI is InChI=1S/C38H22N4/c1-40-33-21-20-25(24-39)22-32(33)36-37-30(28-16-8-10-18-34(28)41(37)26-12-4-2-5-13-26)23-31-29-17-9-11-19-35(29)42(38(31)36)27-14-6-3-7-15-27/h2-23H. The summed E-state index contributed by atoms with van der Waals surface area (Å²) in [6.07, 6.45) is 0. The molecule has 2 aromatic heterocycles. The number of aromatic nitrogens is 2. The van der Waals surface area contributed by atoms with E-state index in [-0.39, 0.29) is 0 Å². The molecular formula is C38H22N4. The average molecular weight is 535 g/mol. The van der Waals surface area contributed by atoms with Gasteiger partial charge in [-0.1, -0.05) is 84.9 Å². The van der Waals surface area contributed by atoms with Crippen molar-refractivity contribution < 1.29 is 0 Å². The molecule has 0 spiro atoms. The molecule has 0 fully saturated rings. The second-order valence-electron chi connectivity index (χ2n) is 10.4. The quantitative estimate of drug-likeness (QED) is 0.208. The average Bonchev–Trinajstić information content (AvgIpc) is 3.57. The Balaban J connectivity index is 1.73. The van der Waals surface area contributed by atoms with E-state index >= 15 is 0 Å². The molecule has 2 heterocycles. The van der Waals surface area contributed by atoms with Gasteiger partial charge in [0.25, 0.3) is 0 Å². The molecule has 0 radical (unpaired) electrons. The molecule has 6 aromatic carbocycles. The van der Waals surface area contributed by atoms with Crippen LogP contribution in [0.4, 0.5) is 5.69 Å². The van der Waals surface area contributed by atoms with Crippen molar-refractivity contribution >= 4 is 49.3 Å². The van der Waals surface area contributed by atoms with Crippen molar-refractivity contribution in [1.29, 1.82) is 5.26 Å². The minimum atomic E-state index is 0.512. The van der Waals surface area contributed by atoms with Crippen molar-refractivity contribution in [2.75, 3.05) is 0 Å². The Labute approximate surface area is 242 Å². The first-order valence-electron chi connectivity index (χ1n) is 13.8. The summed E-state index contributed by atoms with van der Waals surface area (Å²) in [6.45, 7) is 8.16. The molecule has 42 heavy (non-hydrogen) atoms. The second kappa shape index (κ2) is 9.24. The summed E-state index contributed by atoms with van der Waals surface area (Å²) >= 11 is 0. The van der Waals surface area contributed by atoms with Crippen LogP contribution in [-0.2, 0) is 0 Å². The summed E-state index contributed by atoms with van der Waals surface area (Å²) in [5, 5.41) is 14.4. The van der Waals surface area contributed by atoms with E-state index in [2.05, 4.69) is 123 Å². The van der Waals surface area contributed by atoms with E-state index < -0.39 is 0 Å². The highest BCUT2D eigenvalue weighted by molar-refractivity contribution is 6.26. The smallest absolute Gasteiger partial charge is 0.195 e. The van der Waals surface area contributed by atoms with E-state index in [1.807, 2.05) is 18.2 Å². The highest BCUT2D eigenvalue weighted by Crippen LogP contribution is 2.48. The maximum absolute atomic E-state index is 9.96. The molecule has 4 heteroatoms. The zero-order valence-electron chi connectivity index (χ0n) is 22.5. The Morgan fingerprint density at radius 2 is 1.05 bits per heavy atom. The van der Waals surface area contributed by atoms with E-state index in [1.54, 1.807) is 12.1 Å². The summed E-state index contributed by atoms with van der Waals surface area (Å²) in [5.74, 6) is 0. The van der Waals surface area contributed by atoms with Crippen LogP contribution >= 0.6 is 0 Å². The lowest BCUT2D eigenvalue weighted by molar-refractivity contribution is 1.17. The first kappa shape index (κ1) is 23.8. The predicted molar refractivity (Wildman–Crippen MR) is 172 cm³/mol. The van der Waals surface area contributed by atoms with Crippen molar-refractivity contribution in [3.8, 4) is 28.6 Å². The van der Waals surface area contributed by atoms with Gasteiger partial charge in [-0.3, -0.25) is 0 Å². The van der Waals surface area contributed by atoms with Crippen molar-refractivity contribution in [2.24, 2.45) is 0 Å². The molecule has 4 nitrogen and oxygen atoms in total. The first-order valence-corrected chi connectivity index (χ1v) is 13.8. The van der Waals surface area contributed by atoms with Crippen LogP contribution in [0.3, 0.4) is 0 Å². The molecule has 0 amide bonds. The zero-order valence-corrected chi connectivity index (χ0v) is 22.5. The summed E-state index contributed by atoms with van der Waals surface area (Å²) in [5.41, 5.74) is 8.98. The van der Waals surface area contributed by atoms with Crippen LogP contribution in [0.25, 0.3) is 71.0 Å². The number of hydrogen-bond acceptors (Lipinski definition) is 1. The summed E-state index contributed by atoms with van der Waals surface area (Å²) in [7, 11) is 0. The molecule has 8 aromatic rings. The van der Waals surface area contributed by atoms with E-state index in [4.69, 9.17) is 6.57 Å². The maximum Gasteiger partial charge on any atom is 0.195 e. The third-order valence-corrected chi connectivity index (χ3v) is 8.13. The Kier molecular flexibility index (Phi) is 5.22. The van der Waals surface area contributed by atoms with Crippen molar-refractivity contribution in [2.45, 2.75) is 0 Å². The molecular weight excluding hydrogens is 512 g/mol. The molecule has 0 aliphatic heterocycles. The molecule has 8 rings (SSSR count). The van der Waals surface area contributed by atoms with Crippen molar-refractivity contribution in [1.82, 2.24) is 9.13 Å². The number of fused-ring (bicyclic) bond motifs is 6. The number of hydrogen-bond donors (Lipinski definition) is 0. The molecule has 0 unspecified atom stereocenters. The van der Waals surface area contributed by atoms with Crippen molar-refractivity contribution in [3.05, 3.63) is 150 Å². The minimum Gasteiger partial charge on any atom is -0.309 e. The lowest BCUT2D eigenvalue weighted by Gasteiger charge is -2.17. The molecule has 0 saturated carbocycles. The van der Waals surface area contributed by atoms with Crippen LogP contribution < -0.4 is 0 Å². The zero-order chi connectivity index (χ0) is 28.2. The lowest BCUT2D eigenvalue weighted by atomic mass is 9.95. The highest BCUT2D eigenvalue weighted by atomic mass is 15.0. The fourth-order valence-electron chi connectivity index (χ4n) is 6.42. The second-order valence-corrected chi connectivity index (χ2v) is 10.4. The molecule has 0 saturated heterocycles. The van der Waals surface area contributed by atoms with Crippen molar-refractivity contribution in [3.63, 3.8) is 0 Å². The van der Waals surface area contributed by atoms with Gasteiger partial charge < -0.3 is 9.13 Å². The topological polar surface area (TPSA) is 38.0 Å². The number of nitrogens with zero attached hydrogens (tertiary/aromatic N) is 4. The van der Waals surface area contributed by atoms with Gasteiger partial charge in [0.05, 0.1) is 40.3 Å². The fourth-order valence-corrected chi connectivity index (χ4v) is 6.42. The molecule has 0 bridgehead atoms. The third kappa shape index (κ3) is 3.33. The summed E-state index contributed by atoms with van der Waals surface area (Å²) in [6, 6.07) is 47.7. The Hall–Kier alpha value is -6.10. The van der Waals surface area contributed by atoms with E-state index in [0.717, 1.165) is 66.1 Å². The van der Waals surface area contributed by atoms with Crippen LogP contribution in [0, 0.1) is 17.9 Å². The minimum absolute atomic E-state index is 0.512. The van der Waals surface area contributed by atoms with E-state index in [0.29, 0.717) is 11.3 Å². The van der Waals surface area contributed by atoms with Gasteiger partial charge in [-0.2, -0.15) is 5.26 Å². The monoisotopic (exact) mass is 534 g/mol. The van der Waals surface area contributed by atoms with Crippen LogP contribution in [0.1, 0.15) is 5.56 Å². The molecule has 0 aliphatic rings. The molecule has 0 N–H and O–H groups in total. The number of para-hydroxylation sites is 4. The molecule has 0 aliphatic carbocycles.